The first-order chi connectivity index (χ1) is 10.6. The summed E-state index contributed by atoms with van der Waals surface area (Å²) in [7, 11) is 0. The van der Waals surface area contributed by atoms with Crippen LogP contribution in [-0.4, -0.2) is 29.0 Å². The molecule has 1 aromatic carbocycles. The Hall–Kier alpha value is -1.85. The summed E-state index contributed by atoms with van der Waals surface area (Å²) in [6.07, 6.45) is 5.44. The summed E-state index contributed by atoms with van der Waals surface area (Å²) >= 11 is 11.9. The maximum absolute atomic E-state index is 12.2. The average Bonchev–Trinajstić information content (AvgIpc) is 3.04. The van der Waals surface area contributed by atoms with E-state index in [-0.39, 0.29) is 11.6 Å². The quantitative estimate of drug-likeness (QED) is 0.929. The fourth-order valence-corrected chi connectivity index (χ4v) is 2.78. The molecule has 0 unspecified atom stereocenters. The van der Waals surface area contributed by atoms with Crippen molar-refractivity contribution in [1.29, 1.82) is 0 Å². The Labute approximate surface area is 138 Å². The van der Waals surface area contributed by atoms with E-state index in [0.717, 1.165) is 18.9 Å². The number of nitrogens with one attached hydrogen (secondary N) is 1. The van der Waals surface area contributed by atoms with Crippen molar-refractivity contribution in [3.05, 3.63) is 46.3 Å². The normalized spacial score (nSPS) is 14.2. The maximum atomic E-state index is 12.2. The highest BCUT2D eigenvalue weighted by molar-refractivity contribution is 6.36. The molecule has 1 N–H and O–H groups in total. The molecule has 2 aromatic rings. The molecule has 5 nitrogen and oxygen atoms in total. The van der Waals surface area contributed by atoms with Gasteiger partial charge in [-0.25, -0.2) is 9.97 Å². The molecule has 0 bridgehead atoms. The average molecular weight is 337 g/mol. The van der Waals surface area contributed by atoms with Crippen LogP contribution < -0.4 is 10.2 Å². The van der Waals surface area contributed by atoms with Crippen LogP contribution in [0.4, 0.5) is 11.5 Å². The van der Waals surface area contributed by atoms with Gasteiger partial charge in [0.15, 0.2) is 0 Å². The van der Waals surface area contributed by atoms with E-state index in [0.29, 0.717) is 15.7 Å². The number of anilines is 2. The lowest BCUT2D eigenvalue weighted by Gasteiger charge is -2.15. The molecule has 0 spiro atoms. The Bertz CT molecular complexity index is 684. The van der Waals surface area contributed by atoms with Gasteiger partial charge in [-0.3, -0.25) is 4.79 Å². The number of nitrogens with zero attached hydrogens (tertiary/aromatic N) is 3. The van der Waals surface area contributed by atoms with Crippen molar-refractivity contribution < 1.29 is 4.79 Å². The largest absolute Gasteiger partial charge is 0.355 e. The highest BCUT2D eigenvalue weighted by Crippen LogP contribution is 2.25. The number of amides is 1. The summed E-state index contributed by atoms with van der Waals surface area (Å²) in [5, 5.41) is 3.59. The lowest BCUT2D eigenvalue weighted by Crippen LogP contribution is -2.20. The Balaban J connectivity index is 1.71. The van der Waals surface area contributed by atoms with Gasteiger partial charge < -0.3 is 10.2 Å². The lowest BCUT2D eigenvalue weighted by molar-refractivity contribution is 0.102. The van der Waals surface area contributed by atoms with Crippen molar-refractivity contribution in [2.75, 3.05) is 23.3 Å². The highest BCUT2D eigenvalue weighted by Gasteiger charge is 2.15. The molecular weight excluding hydrogens is 323 g/mol. The van der Waals surface area contributed by atoms with E-state index >= 15 is 0 Å². The molecule has 1 amide bonds. The van der Waals surface area contributed by atoms with Crippen LogP contribution in [0.5, 0.6) is 0 Å². The first-order valence-corrected chi connectivity index (χ1v) is 7.72. The van der Waals surface area contributed by atoms with Gasteiger partial charge in [-0.1, -0.05) is 23.2 Å². The van der Waals surface area contributed by atoms with E-state index in [9.17, 15) is 4.79 Å². The van der Waals surface area contributed by atoms with Gasteiger partial charge in [-0.15, -0.1) is 0 Å². The van der Waals surface area contributed by atoms with E-state index in [1.54, 1.807) is 24.4 Å². The zero-order chi connectivity index (χ0) is 15.5. The lowest BCUT2D eigenvalue weighted by atomic mass is 10.3. The van der Waals surface area contributed by atoms with Crippen LogP contribution in [0.15, 0.2) is 30.6 Å². The number of hydrogen-bond acceptors (Lipinski definition) is 4. The summed E-state index contributed by atoms with van der Waals surface area (Å²) in [5.74, 6) is 0.447. The van der Waals surface area contributed by atoms with Gasteiger partial charge in [0, 0.05) is 18.1 Å². The summed E-state index contributed by atoms with van der Waals surface area (Å²) in [6.45, 7) is 1.97. The smallest absolute Gasteiger partial charge is 0.275 e. The Kier molecular flexibility index (Phi) is 4.45. The van der Waals surface area contributed by atoms with Crippen molar-refractivity contribution in [2.24, 2.45) is 0 Å². The minimum Gasteiger partial charge on any atom is -0.355 e. The second kappa shape index (κ2) is 6.50. The van der Waals surface area contributed by atoms with Crippen LogP contribution in [0, 0.1) is 0 Å². The van der Waals surface area contributed by atoms with Crippen molar-refractivity contribution in [3.63, 3.8) is 0 Å². The second-order valence-electron chi connectivity index (χ2n) is 5.03. The Morgan fingerprint density at radius 3 is 2.55 bits per heavy atom. The number of benzene rings is 1. The van der Waals surface area contributed by atoms with Crippen LogP contribution in [0.2, 0.25) is 10.0 Å². The molecule has 0 aliphatic carbocycles. The van der Waals surface area contributed by atoms with Crippen LogP contribution in [0.25, 0.3) is 0 Å². The third kappa shape index (κ3) is 3.31. The van der Waals surface area contributed by atoms with Gasteiger partial charge in [0.25, 0.3) is 5.91 Å². The van der Waals surface area contributed by atoms with Crippen molar-refractivity contribution >= 4 is 40.6 Å². The number of halogens is 2. The minimum atomic E-state index is -0.357. The molecule has 0 radical (unpaired) electrons. The van der Waals surface area contributed by atoms with E-state index in [2.05, 4.69) is 20.2 Å². The second-order valence-corrected chi connectivity index (χ2v) is 5.88. The predicted octanol–water partition coefficient (Wildman–Crippen LogP) is 3.64. The molecule has 1 aromatic heterocycles. The summed E-state index contributed by atoms with van der Waals surface area (Å²) in [4.78, 5) is 22.8. The summed E-state index contributed by atoms with van der Waals surface area (Å²) in [5.41, 5.74) is 0.732. The van der Waals surface area contributed by atoms with Crippen LogP contribution in [-0.2, 0) is 0 Å². The van der Waals surface area contributed by atoms with Gasteiger partial charge in [-0.05, 0) is 31.0 Å². The molecule has 0 atom stereocenters. The molecule has 3 rings (SSSR count). The Morgan fingerprint density at radius 2 is 1.91 bits per heavy atom. The molecule has 22 heavy (non-hydrogen) atoms. The topological polar surface area (TPSA) is 58.1 Å². The predicted molar refractivity (Wildman–Crippen MR) is 87.9 cm³/mol. The SMILES string of the molecule is O=C(Nc1ccc(Cl)cc1Cl)c1cnc(N2CCCC2)cn1. The molecule has 0 saturated carbocycles. The van der Waals surface area contributed by atoms with E-state index < -0.39 is 0 Å². The highest BCUT2D eigenvalue weighted by atomic mass is 35.5. The number of carbonyl (C=O) groups is 1. The monoisotopic (exact) mass is 336 g/mol. The summed E-state index contributed by atoms with van der Waals surface area (Å²) < 4.78 is 0. The zero-order valence-electron chi connectivity index (χ0n) is 11.7. The van der Waals surface area contributed by atoms with Gasteiger partial charge in [-0.2, -0.15) is 0 Å². The number of hydrogen-bond donors (Lipinski definition) is 1. The fraction of sp³-hybridized carbons (Fsp3) is 0.267. The van der Waals surface area contributed by atoms with Crippen LogP contribution in [0.3, 0.4) is 0 Å². The fourth-order valence-electron chi connectivity index (χ4n) is 2.33. The maximum Gasteiger partial charge on any atom is 0.275 e. The number of aromatic nitrogens is 2. The van der Waals surface area contributed by atoms with E-state index in [1.165, 1.54) is 19.0 Å². The number of carbonyl (C=O) groups excluding carboxylic acids is 1. The molecule has 114 valence electrons. The summed E-state index contributed by atoms with van der Waals surface area (Å²) in [6, 6.07) is 4.88. The Morgan fingerprint density at radius 1 is 1.14 bits per heavy atom. The van der Waals surface area contributed by atoms with Crippen molar-refractivity contribution in [2.45, 2.75) is 12.8 Å². The van der Waals surface area contributed by atoms with E-state index in [4.69, 9.17) is 23.2 Å². The van der Waals surface area contributed by atoms with Crippen molar-refractivity contribution in [1.82, 2.24) is 9.97 Å². The zero-order valence-corrected chi connectivity index (χ0v) is 13.2. The molecular formula is C15H14Cl2N4O. The molecule has 7 heteroatoms. The van der Waals surface area contributed by atoms with Crippen LogP contribution >= 0.6 is 23.2 Å². The molecule has 1 aliphatic heterocycles. The van der Waals surface area contributed by atoms with Gasteiger partial charge in [0.1, 0.15) is 11.5 Å². The third-order valence-electron chi connectivity index (χ3n) is 3.48. The van der Waals surface area contributed by atoms with Crippen LogP contribution in [0.1, 0.15) is 23.3 Å². The minimum absolute atomic E-state index is 0.244. The standard InChI is InChI=1S/C15H14Cl2N4O/c16-10-3-4-12(11(17)7-10)20-15(22)13-8-19-14(9-18-13)21-5-1-2-6-21/h3-4,7-9H,1-2,5-6H2,(H,20,22). The first-order valence-electron chi connectivity index (χ1n) is 6.97. The number of rotatable bonds is 3. The molecule has 1 saturated heterocycles. The van der Waals surface area contributed by atoms with Gasteiger partial charge in [0.2, 0.25) is 0 Å². The van der Waals surface area contributed by atoms with Crippen molar-refractivity contribution in [3.8, 4) is 0 Å². The molecule has 2 heterocycles. The molecule has 1 aliphatic rings. The molecule has 1 fully saturated rings. The van der Waals surface area contributed by atoms with E-state index in [1.807, 2.05) is 0 Å². The van der Waals surface area contributed by atoms with Gasteiger partial charge >= 0.3 is 0 Å². The van der Waals surface area contributed by atoms with Gasteiger partial charge in [0.05, 0.1) is 23.1 Å². The first kappa shape index (κ1) is 15.1. The third-order valence-corrected chi connectivity index (χ3v) is 4.03.